The Morgan fingerprint density at radius 1 is 1.26 bits per heavy atom. The van der Waals surface area contributed by atoms with Gasteiger partial charge in [0.1, 0.15) is 6.07 Å². The zero-order valence-corrected chi connectivity index (χ0v) is 15.8. The van der Waals surface area contributed by atoms with E-state index < -0.39 is 5.25 Å². The highest BCUT2D eigenvalue weighted by molar-refractivity contribution is 8.00. The molecule has 0 radical (unpaired) electrons. The van der Waals surface area contributed by atoms with Crippen molar-refractivity contribution >= 4 is 35.0 Å². The van der Waals surface area contributed by atoms with Gasteiger partial charge >= 0.3 is 0 Å². The average Bonchev–Trinajstić information content (AvgIpc) is 3.03. The Balaban J connectivity index is 1.75. The first kappa shape index (κ1) is 18.8. The number of nitrogens with zero attached hydrogens (tertiary/aromatic N) is 4. The first-order valence-corrected chi connectivity index (χ1v) is 9.19. The average molecular weight is 399 g/mol. The van der Waals surface area contributed by atoms with Crippen LogP contribution in [0.2, 0.25) is 5.02 Å². The van der Waals surface area contributed by atoms with Gasteiger partial charge in [0.15, 0.2) is 5.82 Å². The number of hydrogen-bond acceptors (Lipinski definition) is 6. The van der Waals surface area contributed by atoms with Crippen molar-refractivity contribution in [1.29, 1.82) is 5.26 Å². The highest BCUT2D eigenvalue weighted by atomic mass is 35.5. The van der Waals surface area contributed by atoms with Gasteiger partial charge in [-0.2, -0.15) is 5.26 Å². The number of halogens is 1. The predicted molar refractivity (Wildman–Crippen MR) is 106 cm³/mol. The van der Waals surface area contributed by atoms with Crippen molar-refractivity contribution in [3.63, 3.8) is 0 Å². The standard InChI is InChI=1S/C18H15ClN6OS/c1-11(17(26)22-15-9-5-2-6-12(15)10-20)27-18-24-23-16(25(18)21)13-7-3-4-8-14(13)19/h2-9,11H,21H2,1H3,(H,22,26). The number of para-hydroxylation sites is 1. The SMILES string of the molecule is CC(Sc1nnc(-c2ccccc2Cl)n1N)C(=O)Nc1ccccc1C#N. The van der Waals surface area contributed by atoms with Crippen LogP contribution in [0, 0.1) is 11.3 Å². The maximum atomic E-state index is 12.5. The number of hydrogen-bond donors (Lipinski definition) is 2. The molecular formula is C18H15ClN6OS. The van der Waals surface area contributed by atoms with Gasteiger partial charge in [-0.05, 0) is 31.2 Å². The number of rotatable bonds is 5. The minimum absolute atomic E-state index is 0.273. The van der Waals surface area contributed by atoms with Crippen LogP contribution in [0.15, 0.2) is 53.7 Å². The number of nitrogen functional groups attached to an aromatic ring is 1. The zero-order valence-electron chi connectivity index (χ0n) is 14.3. The van der Waals surface area contributed by atoms with Crippen molar-refractivity contribution in [2.24, 2.45) is 0 Å². The molecule has 3 N–H and O–H groups in total. The van der Waals surface area contributed by atoms with Crippen LogP contribution in [-0.2, 0) is 4.79 Å². The van der Waals surface area contributed by atoms with E-state index in [1.165, 1.54) is 4.68 Å². The van der Waals surface area contributed by atoms with E-state index in [0.717, 1.165) is 11.8 Å². The van der Waals surface area contributed by atoms with Crippen LogP contribution in [-0.4, -0.2) is 26.0 Å². The van der Waals surface area contributed by atoms with Crippen molar-refractivity contribution in [2.45, 2.75) is 17.3 Å². The van der Waals surface area contributed by atoms with Gasteiger partial charge in [-0.25, -0.2) is 4.68 Å². The molecule has 136 valence electrons. The summed E-state index contributed by atoms with van der Waals surface area (Å²) in [5.41, 5.74) is 1.51. The molecule has 1 heterocycles. The van der Waals surface area contributed by atoms with Crippen molar-refractivity contribution in [3.8, 4) is 17.5 Å². The van der Waals surface area contributed by atoms with E-state index in [9.17, 15) is 4.79 Å². The van der Waals surface area contributed by atoms with E-state index in [1.807, 2.05) is 18.2 Å². The minimum atomic E-state index is -0.512. The summed E-state index contributed by atoms with van der Waals surface area (Å²) in [6.45, 7) is 1.72. The lowest BCUT2D eigenvalue weighted by atomic mass is 10.2. The Hall–Kier alpha value is -3.02. The predicted octanol–water partition coefficient (Wildman–Crippen LogP) is 3.30. The van der Waals surface area contributed by atoms with Gasteiger partial charge in [0.05, 0.1) is 21.5 Å². The smallest absolute Gasteiger partial charge is 0.237 e. The Morgan fingerprint density at radius 2 is 1.96 bits per heavy atom. The Labute approximate surface area is 165 Å². The van der Waals surface area contributed by atoms with Crippen molar-refractivity contribution < 1.29 is 4.79 Å². The van der Waals surface area contributed by atoms with E-state index in [-0.39, 0.29) is 5.91 Å². The summed E-state index contributed by atoms with van der Waals surface area (Å²) in [7, 11) is 0. The van der Waals surface area contributed by atoms with Gasteiger partial charge in [0.25, 0.3) is 0 Å². The van der Waals surface area contributed by atoms with E-state index in [1.54, 1.807) is 43.3 Å². The summed E-state index contributed by atoms with van der Waals surface area (Å²) in [4.78, 5) is 12.5. The summed E-state index contributed by atoms with van der Waals surface area (Å²) in [5.74, 6) is 6.22. The van der Waals surface area contributed by atoms with Gasteiger partial charge in [-0.1, -0.05) is 47.6 Å². The van der Waals surface area contributed by atoms with E-state index in [4.69, 9.17) is 22.7 Å². The molecule has 1 unspecified atom stereocenters. The molecule has 3 rings (SSSR count). The molecule has 1 aromatic heterocycles. The first-order valence-electron chi connectivity index (χ1n) is 7.93. The fraction of sp³-hybridized carbons (Fsp3) is 0.111. The molecule has 3 aromatic rings. The third-order valence-corrected chi connectivity index (χ3v) is 5.12. The second kappa shape index (κ2) is 8.12. The van der Waals surface area contributed by atoms with Crippen LogP contribution in [0.5, 0.6) is 0 Å². The molecular weight excluding hydrogens is 384 g/mol. The second-order valence-electron chi connectivity index (χ2n) is 5.56. The number of nitriles is 1. The topological polar surface area (TPSA) is 110 Å². The lowest BCUT2D eigenvalue weighted by molar-refractivity contribution is -0.115. The van der Waals surface area contributed by atoms with Gasteiger partial charge < -0.3 is 11.2 Å². The largest absolute Gasteiger partial charge is 0.335 e. The van der Waals surface area contributed by atoms with Gasteiger partial charge in [-0.15, -0.1) is 10.2 Å². The first-order chi connectivity index (χ1) is 13.0. The quantitative estimate of drug-likeness (QED) is 0.504. The summed E-state index contributed by atoms with van der Waals surface area (Å²) in [6.07, 6.45) is 0. The molecule has 1 amide bonds. The van der Waals surface area contributed by atoms with Crippen molar-refractivity contribution in [2.75, 3.05) is 11.2 Å². The summed E-state index contributed by atoms with van der Waals surface area (Å²) in [5, 5.41) is 20.4. The van der Waals surface area contributed by atoms with Gasteiger partial charge in [-0.3, -0.25) is 4.79 Å². The maximum absolute atomic E-state index is 12.5. The third kappa shape index (κ3) is 4.05. The minimum Gasteiger partial charge on any atom is -0.335 e. The molecule has 0 spiro atoms. The maximum Gasteiger partial charge on any atom is 0.237 e. The highest BCUT2D eigenvalue weighted by Crippen LogP contribution is 2.29. The van der Waals surface area contributed by atoms with Crippen LogP contribution in [0.25, 0.3) is 11.4 Å². The van der Waals surface area contributed by atoms with E-state index in [2.05, 4.69) is 15.5 Å². The van der Waals surface area contributed by atoms with Crippen LogP contribution in [0.1, 0.15) is 12.5 Å². The van der Waals surface area contributed by atoms with Gasteiger partial charge in [0, 0.05) is 5.56 Å². The van der Waals surface area contributed by atoms with Crippen LogP contribution >= 0.6 is 23.4 Å². The van der Waals surface area contributed by atoms with Gasteiger partial charge in [0.2, 0.25) is 11.1 Å². The Kier molecular flexibility index (Phi) is 5.64. The van der Waals surface area contributed by atoms with Crippen molar-refractivity contribution in [1.82, 2.24) is 14.9 Å². The Bertz CT molecular complexity index is 1030. The molecule has 0 aliphatic rings. The molecule has 0 saturated carbocycles. The third-order valence-electron chi connectivity index (χ3n) is 3.74. The number of nitrogens with one attached hydrogen (secondary N) is 1. The normalized spacial score (nSPS) is 11.6. The number of benzene rings is 2. The monoisotopic (exact) mass is 398 g/mol. The fourth-order valence-electron chi connectivity index (χ4n) is 2.32. The number of amides is 1. The number of nitrogens with two attached hydrogens (primary N) is 1. The lowest BCUT2D eigenvalue weighted by Gasteiger charge is -2.12. The lowest BCUT2D eigenvalue weighted by Crippen LogP contribution is -2.24. The number of aromatic nitrogens is 3. The van der Waals surface area contributed by atoms with Crippen LogP contribution in [0.4, 0.5) is 5.69 Å². The fourth-order valence-corrected chi connectivity index (χ4v) is 3.31. The molecule has 0 aliphatic carbocycles. The number of carbonyl (C=O) groups is 1. The van der Waals surface area contributed by atoms with Crippen LogP contribution < -0.4 is 11.2 Å². The molecule has 0 fully saturated rings. The molecule has 7 nitrogen and oxygen atoms in total. The molecule has 2 aromatic carbocycles. The molecule has 0 saturated heterocycles. The molecule has 0 bridgehead atoms. The zero-order chi connectivity index (χ0) is 19.4. The molecule has 1 atom stereocenters. The van der Waals surface area contributed by atoms with E-state index in [0.29, 0.717) is 32.8 Å². The Morgan fingerprint density at radius 3 is 2.70 bits per heavy atom. The molecule has 9 heteroatoms. The number of anilines is 1. The van der Waals surface area contributed by atoms with Crippen molar-refractivity contribution in [3.05, 3.63) is 59.1 Å². The second-order valence-corrected chi connectivity index (χ2v) is 7.28. The summed E-state index contributed by atoms with van der Waals surface area (Å²) < 4.78 is 1.30. The molecule has 0 aliphatic heterocycles. The highest BCUT2D eigenvalue weighted by Gasteiger charge is 2.21. The summed E-state index contributed by atoms with van der Waals surface area (Å²) >= 11 is 7.34. The number of carbonyl (C=O) groups excluding carboxylic acids is 1. The van der Waals surface area contributed by atoms with Crippen LogP contribution in [0.3, 0.4) is 0 Å². The number of thioether (sulfide) groups is 1. The molecule has 27 heavy (non-hydrogen) atoms. The summed E-state index contributed by atoms with van der Waals surface area (Å²) in [6, 6.07) is 16.0. The van der Waals surface area contributed by atoms with E-state index >= 15 is 0 Å².